The van der Waals surface area contributed by atoms with Crippen molar-refractivity contribution in [1.29, 1.82) is 0 Å². The number of carboxylic acids is 2. The molecule has 0 fully saturated rings. The van der Waals surface area contributed by atoms with Crippen molar-refractivity contribution in [3.05, 3.63) is 59.7 Å². The summed E-state index contributed by atoms with van der Waals surface area (Å²) in [4.78, 5) is 26.9. The number of aliphatic carboxylic acids is 2. The standard InChI is InChI=1S/C19H22N2O5/c1-13(2)17(19(24)25)16(18(22)23)11-14-3-5-15(6-4-14)26-10-9-21-8-7-20-12-21/h3-8,12-13H,9-11H2,1-2H3,(H,22,23)(H,24,25). The van der Waals surface area contributed by atoms with E-state index < -0.39 is 11.9 Å². The number of nitrogens with zero attached hydrogens (tertiary/aromatic N) is 2. The number of benzene rings is 1. The highest BCUT2D eigenvalue weighted by Crippen LogP contribution is 2.21. The van der Waals surface area contributed by atoms with Crippen molar-refractivity contribution in [3.8, 4) is 5.75 Å². The molecule has 0 saturated carbocycles. The summed E-state index contributed by atoms with van der Waals surface area (Å²) in [6.45, 7) is 4.49. The minimum absolute atomic E-state index is 0.0461. The molecule has 0 saturated heterocycles. The summed E-state index contributed by atoms with van der Waals surface area (Å²) >= 11 is 0. The second kappa shape index (κ2) is 8.84. The highest BCUT2D eigenvalue weighted by Gasteiger charge is 2.23. The number of carboxylic acid groups (broad SMARTS) is 2. The molecular formula is C19H22N2O5. The van der Waals surface area contributed by atoms with Crippen molar-refractivity contribution >= 4 is 11.9 Å². The van der Waals surface area contributed by atoms with Crippen LogP contribution >= 0.6 is 0 Å². The summed E-state index contributed by atoms with van der Waals surface area (Å²) in [6, 6.07) is 6.99. The average Bonchev–Trinajstić information content (AvgIpc) is 3.08. The lowest BCUT2D eigenvalue weighted by molar-refractivity contribution is -0.136. The van der Waals surface area contributed by atoms with Gasteiger partial charge in [-0.05, 0) is 23.6 Å². The van der Waals surface area contributed by atoms with Gasteiger partial charge >= 0.3 is 11.9 Å². The topological polar surface area (TPSA) is 102 Å². The van der Waals surface area contributed by atoms with Crippen molar-refractivity contribution in [2.75, 3.05) is 6.61 Å². The van der Waals surface area contributed by atoms with Crippen LogP contribution in [-0.4, -0.2) is 38.3 Å². The first-order valence-electron chi connectivity index (χ1n) is 8.25. The van der Waals surface area contributed by atoms with Gasteiger partial charge in [-0.2, -0.15) is 0 Å². The zero-order valence-corrected chi connectivity index (χ0v) is 14.8. The maximum Gasteiger partial charge on any atom is 0.332 e. The monoisotopic (exact) mass is 358 g/mol. The smallest absolute Gasteiger partial charge is 0.332 e. The van der Waals surface area contributed by atoms with Gasteiger partial charge in [-0.25, -0.2) is 14.6 Å². The third kappa shape index (κ3) is 5.20. The Morgan fingerprint density at radius 2 is 1.85 bits per heavy atom. The Morgan fingerprint density at radius 1 is 1.15 bits per heavy atom. The van der Waals surface area contributed by atoms with Gasteiger partial charge in [0.1, 0.15) is 12.4 Å². The molecule has 2 rings (SSSR count). The minimum atomic E-state index is -1.21. The Balaban J connectivity index is 2.05. The van der Waals surface area contributed by atoms with Crippen LogP contribution in [0.15, 0.2) is 54.1 Å². The fraction of sp³-hybridized carbons (Fsp3) is 0.316. The molecule has 1 aromatic heterocycles. The Morgan fingerprint density at radius 3 is 2.35 bits per heavy atom. The molecule has 0 radical (unpaired) electrons. The van der Waals surface area contributed by atoms with E-state index in [0.717, 1.165) is 0 Å². The van der Waals surface area contributed by atoms with Gasteiger partial charge in [0.15, 0.2) is 0 Å². The highest BCUT2D eigenvalue weighted by molar-refractivity contribution is 5.99. The Labute approximate surface area is 151 Å². The van der Waals surface area contributed by atoms with Crippen LogP contribution in [0.4, 0.5) is 0 Å². The zero-order valence-electron chi connectivity index (χ0n) is 14.8. The van der Waals surface area contributed by atoms with Crippen LogP contribution in [0.25, 0.3) is 0 Å². The van der Waals surface area contributed by atoms with Crippen LogP contribution in [0.5, 0.6) is 5.75 Å². The molecule has 26 heavy (non-hydrogen) atoms. The van der Waals surface area contributed by atoms with Crippen LogP contribution in [-0.2, 0) is 22.6 Å². The van der Waals surface area contributed by atoms with E-state index in [4.69, 9.17) is 4.74 Å². The van der Waals surface area contributed by atoms with Crippen molar-refractivity contribution in [2.45, 2.75) is 26.8 Å². The molecule has 0 amide bonds. The summed E-state index contributed by atoms with van der Waals surface area (Å²) < 4.78 is 7.54. The van der Waals surface area contributed by atoms with E-state index >= 15 is 0 Å². The highest BCUT2D eigenvalue weighted by atomic mass is 16.5. The third-order valence-corrected chi connectivity index (χ3v) is 3.87. The van der Waals surface area contributed by atoms with Gasteiger partial charge in [0, 0.05) is 18.8 Å². The molecule has 0 spiro atoms. The van der Waals surface area contributed by atoms with Gasteiger partial charge in [-0.15, -0.1) is 0 Å². The summed E-state index contributed by atoms with van der Waals surface area (Å²) in [5.41, 5.74) is 0.545. The Bertz CT molecular complexity index is 777. The molecule has 0 aliphatic heterocycles. The lowest BCUT2D eigenvalue weighted by Gasteiger charge is -2.12. The van der Waals surface area contributed by atoms with Crippen LogP contribution in [0.2, 0.25) is 0 Å². The SMILES string of the molecule is CC(C)C(C(=O)O)=C(Cc1ccc(OCCn2ccnc2)cc1)C(=O)O. The molecule has 0 unspecified atom stereocenters. The van der Waals surface area contributed by atoms with Gasteiger partial charge in [0.2, 0.25) is 0 Å². The van der Waals surface area contributed by atoms with Gasteiger partial charge in [0.25, 0.3) is 0 Å². The fourth-order valence-electron chi connectivity index (χ4n) is 2.61. The normalized spacial score (nSPS) is 12.0. The van der Waals surface area contributed by atoms with Gasteiger partial charge in [0.05, 0.1) is 24.0 Å². The van der Waals surface area contributed by atoms with E-state index in [1.54, 1.807) is 50.6 Å². The van der Waals surface area contributed by atoms with Gasteiger partial charge in [-0.1, -0.05) is 26.0 Å². The van der Waals surface area contributed by atoms with Crippen molar-refractivity contribution in [3.63, 3.8) is 0 Å². The molecule has 7 heteroatoms. The van der Waals surface area contributed by atoms with E-state index in [-0.39, 0.29) is 23.5 Å². The first-order valence-corrected chi connectivity index (χ1v) is 8.25. The lowest BCUT2D eigenvalue weighted by Crippen LogP contribution is -2.17. The second-order valence-electron chi connectivity index (χ2n) is 6.13. The molecule has 0 aliphatic rings. The molecule has 1 heterocycles. The van der Waals surface area contributed by atoms with Crippen LogP contribution < -0.4 is 4.74 Å². The van der Waals surface area contributed by atoms with Gasteiger partial charge in [-0.3, -0.25) is 0 Å². The zero-order chi connectivity index (χ0) is 19.1. The van der Waals surface area contributed by atoms with Crippen LogP contribution in [0, 0.1) is 5.92 Å². The predicted molar refractivity (Wildman–Crippen MR) is 95.0 cm³/mol. The number of carbonyl (C=O) groups is 2. The van der Waals surface area contributed by atoms with E-state index in [1.165, 1.54) is 0 Å². The molecule has 0 atom stereocenters. The summed E-state index contributed by atoms with van der Waals surface area (Å²) in [6.07, 6.45) is 5.30. The Kier molecular flexibility index (Phi) is 6.54. The van der Waals surface area contributed by atoms with Crippen molar-refractivity contribution in [1.82, 2.24) is 9.55 Å². The average molecular weight is 358 g/mol. The van der Waals surface area contributed by atoms with Crippen molar-refractivity contribution < 1.29 is 24.5 Å². The fourth-order valence-corrected chi connectivity index (χ4v) is 2.61. The predicted octanol–water partition coefficient (Wildman–Crippen LogP) is 2.63. The molecule has 2 aromatic rings. The number of rotatable bonds is 9. The number of imidazole rings is 1. The lowest BCUT2D eigenvalue weighted by atomic mass is 9.93. The summed E-state index contributed by atoms with van der Waals surface area (Å²) in [5, 5.41) is 18.7. The van der Waals surface area contributed by atoms with Crippen molar-refractivity contribution in [2.24, 2.45) is 5.92 Å². The maximum absolute atomic E-state index is 11.5. The molecule has 0 bridgehead atoms. The van der Waals surface area contributed by atoms with E-state index in [9.17, 15) is 19.8 Å². The summed E-state index contributed by atoms with van der Waals surface area (Å²) in [7, 11) is 0. The largest absolute Gasteiger partial charge is 0.492 e. The number of hydrogen-bond acceptors (Lipinski definition) is 4. The number of hydrogen-bond donors (Lipinski definition) is 2. The third-order valence-electron chi connectivity index (χ3n) is 3.87. The maximum atomic E-state index is 11.5. The summed E-state index contributed by atoms with van der Waals surface area (Å²) in [5.74, 6) is -2.13. The molecule has 7 nitrogen and oxygen atoms in total. The molecular weight excluding hydrogens is 336 g/mol. The van der Waals surface area contributed by atoms with E-state index in [2.05, 4.69) is 4.98 Å². The van der Waals surface area contributed by atoms with Gasteiger partial charge < -0.3 is 19.5 Å². The second-order valence-corrected chi connectivity index (χ2v) is 6.13. The molecule has 0 aliphatic carbocycles. The number of aromatic nitrogens is 2. The van der Waals surface area contributed by atoms with Crippen LogP contribution in [0.3, 0.4) is 0 Å². The van der Waals surface area contributed by atoms with E-state index in [0.29, 0.717) is 24.5 Å². The number of ether oxygens (including phenoxy) is 1. The van der Waals surface area contributed by atoms with Crippen LogP contribution in [0.1, 0.15) is 19.4 Å². The quantitative estimate of drug-likeness (QED) is 0.668. The first kappa shape index (κ1) is 19.2. The first-order chi connectivity index (χ1) is 12.4. The van der Waals surface area contributed by atoms with E-state index in [1.807, 2.05) is 10.8 Å². The minimum Gasteiger partial charge on any atom is -0.492 e. The molecule has 138 valence electrons. The molecule has 2 N–H and O–H groups in total. The Hall–Kier alpha value is -3.09. The molecule has 1 aromatic carbocycles.